The number of Topliss-reactive ketones (excluding diaryl/α,β-unsaturated/α-hetero) is 1. The summed E-state index contributed by atoms with van der Waals surface area (Å²) in [6.07, 6.45) is 0. The van der Waals surface area contributed by atoms with E-state index < -0.39 is 11.9 Å². The molecule has 0 fully saturated rings. The lowest BCUT2D eigenvalue weighted by Crippen LogP contribution is -2.31. The van der Waals surface area contributed by atoms with E-state index in [2.05, 4.69) is 5.32 Å². The Labute approximate surface area is 161 Å². The quantitative estimate of drug-likeness (QED) is 0.549. The average Bonchev–Trinajstić information content (AvgIpc) is 3.01. The Bertz CT molecular complexity index is 836. The molecule has 0 radical (unpaired) electrons. The van der Waals surface area contributed by atoms with Crippen molar-refractivity contribution in [3.63, 3.8) is 0 Å². The van der Waals surface area contributed by atoms with Crippen molar-refractivity contribution in [1.82, 2.24) is 5.32 Å². The summed E-state index contributed by atoms with van der Waals surface area (Å²) in [6, 6.07) is 6.45. The zero-order chi connectivity index (χ0) is 20.0. The molecule has 0 saturated carbocycles. The van der Waals surface area contributed by atoms with E-state index in [9.17, 15) is 14.4 Å². The molecule has 0 aliphatic carbocycles. The lowest BCUT2D eigenvalue weighted by atomic mass is 10.2. The molecule has 27 heavy (non-hydrogen) atoms. The third kappa shape index (κ3) is 5.55. The summed E-state index contributed by atoms with van der Waals surface area (Å²) in [6.45, 7) is 3.03. The SMILES string of the molecule is COc1cc(OC)cc(C(=O)NCC(=O)OCC(=O)c2cc(C)sc2C)c1. The normalized spacial score (nSPS) is 10.2. The predicted octanol–water partition coefficient (Wildman–Crippen LogP) is 2.54. The highest BCUT2D eigenvalue weighted by Crippen LogP contribution is 2.22. The number of esters is 1. The summed E-state index contributed by atoms with van der Waals surface area (Å²) in [5.74, 6) is -0.548. The summed E-state index contributed by atoms with van der Waals surface area (Å²) in [4.78, 5) is 38.0. The van der Waals surface area contributed by atoms with Crippen LogP contribution in [0.4, 0.5) is 0 Å². The number of rotatable bonds is 8. The van der Waals surface area contributed by atoms with E-state index >= 15 is 0 Å². The van der Waals surface area contributed by atoms with Gasteiger partial charge in [-0.1, -0.05) is 0 Å². The van der Waals surface area contributed by atoms with Gasteiger partial charge in [-0.2, -0.15) is 0 Å². The van der Waals surface area contributed by atoms with Gasteiger partial charge in [0.1, 0.15) is 18.0 Å². The molecule has 0 bridgehead atoms. The number of nitrogens with one attached hydrogen (secondary N) is 1. The summed E-state index contributed by atoms with van der Waals surface area (Å²) >= 11 is 1.51. The Hall–Kier alpha value is -2.87. The largest absolute Gasteiger partial charge is 0.497 e. The molecule has 0 aliphatic heterocycles. The van der Waals surface area contributed by atoms with E-state index in [1.807, 2.05) is 13.8 Å². The maximum absolute atomic E-state index is 12.2. The van der Waals surface area contributed by atoms with Crippen molar-refractivity contribution in [1.29, 1.82) is 0 Å². The van der Waals surface area contributed by atoms with Gasteiger partial charge >= 0.3 is 5.97 Å². The molecule has 144 valence electrons. The highest BCUT2D eigenvalue weighted by Gasteiger charge is 2.16. The van der Waals surface area contributed by atoms with Gasteiger partial charge in [-0.3, -0.25) is 14.4 Å². The molecule has 1 aromatic carbocycles. The van der Waals surface area contributed by atoms with E-state index in [-0.39, 0.29) is 24.5 Å². The third-order valence-electron chi connectivity index (χ3n) is 3.71. The number of thiophene rings is 1. The highest BCUT2D eigenvalue weighted by molar-refractivity contribution is 7.12. The van der Waals surface area contributed by atoms with Gasteiger partial charge in [-0.05, 0) is 32.0 Å². The molecule has 8 heteroatoms. The Balaban J connectivity index is 1.87. The van der Waals surface area contributed by atoms with Crippen molar-refractivity contribution >= 4 is 29.0 Å². The minimum Gasteiger partial charge on any atom is -0.497 e. The maximum Gasteiger partial charge on any atom is 0.325 e. The van der Waals surface area contributed by atoms with E-state index in [4.69, 9.17) is 14.2 Å². The Kier molecular flexibility index (Phi) is 6.95. The molecular formula is C19H21NO6S. The van der Waals surface area contributed by atoms with Gasteiger partial charge in [0.2, 0.25) is 5.78 Å². The molecule has 0 atom stereocenters. The molecule has 0 unspecified atom stereocenters. The van der Waals surface area contributed by atoms with Crippen LogP contribution in [0, 0.1) is 13.8 Å². The fourth-order valence-corrected chi connectivity index (χ4v) is 3.32. The van der Waals surface area contributed by atoms with Gasteiger partial charge in [0.15, 0.2) is 6.61 Å². The van der Waals surface area contributed by atoms with Crippen LogP contribution in [-0.2, 0) is 9.53 Å². The van der Waals surface area contributed by atoms with Crippen molar-refractivity contribution in [2.75, 3.05) is 27.4 Å². The minimum atomic E-state index is -0.698. The molecule has 1 N–H and O–H groups in total. The fraction of sp³-hybridized carbons (Fsp3) is 0.316. The lowest BCUT2D eigenvalue weighted by molar-refractivity contribution is -0.141. The monoisotopic (exact) mass is 391 g/mol. The van der Waals surface area contributed by atoms with Crippen LogP contribution >= 0.6 is 11.3 Å². The zero-order valence-electron chi connectivity index (χ0n) is 15.6. The molecule has 1 amide bonds. The van der Waals surface area contributed by atoms with Crippen molar-refractivity contribution in [3.05, 3.63) is 45.1 Å². The molecule has 1 heterocycles. The number of hydrogen-bond acceptors (Lipinski definition) is 7. The number of methoxy groups -OCH3 is 2. The highest BCUT2D eigenvalue weighted by atomic mass is 32.1. The molecule has 7 nitrogen and oxygen atoms in total. The predicted molar refractivity (Wildman–Crippen MR) is 101 cm³/mol. The van der Waals surface area contributed by atoms with Crippen LogP contribution in [0.5, 0.6) is 11.5 Å². The average molecular weight is 391 g/mol. The van der Waals surface area contributed by atoms with Crippen molar-refractivity contribution in [3.8, 4) is 11.5 Å². The van der Waals surface area contributed by atoms with Crippen LogP contribution in [0.2, 0.25) is 0 Å². The second kappa shape index (κ2) is 9.18. The van der Waals surface area contributed by atoms with Crippen LogP contribution < -0.4 is 14.8 Å². The van der Waals surface area contributed by atoms with Crippen molar-refractivity contribution < 1.29 is 28.6 Å². The number of carbonyl (C=O) groups excluding carboxylic acids is 3. The second-order valence-electron chi connectivity index (χ2n) is 5.69. The number of aryl methyl sites for hydroxylation is 2. The van der Waals surface area contributed by atoms with Crippen LogP contribution in [0.25, 0.3) is 0 Å². The van der Waals surface area contributed by atoms with Gasteiger partial charge in [-0.15, -0.1) is 11.3 Å². The van der Waals surface area contributed by atoms with E-state index in [1.165, 1.54) is 37.7 Å². The molecule has 2 aromatic rings. The Morgan fingerprint density at radius 2 is 1.63 bits per heavy atom. The van der Waals surface area contributed by atoms with Gasteiger partial charge in [0.05, 0.1) is 14.2 Å². The molecule has 2 rings (SSSR count). The second-order valence-corrected chi connectivity index (χ2v) is 7.16. The molecule has 1 aromatic heterocycles. The lowest BCUT2D eigenvalue weighted by Gasteiger charge is -2.09. The first-order valence-corrected chi connectivity index (χ1v) is 8.92. The first-order chi connectivity index (χ1) is 12.8. The number of amides is 1. The molecule has 0 saturated heterocycles. The summed E-state index contributed by atoms with van der Waals surface area (Å²) in [5, 5.41) is 2.45. The van der Waals surface area contributed by atoms with Gasteiger partial charge in [0.25, 0.3) is 5.91 Å². The number of benzene rings is 1. The molecular weight excluding hydrogens is 370 g/mol. The van der Waals surface area contributed by atoms with Gasteiger partial charge in [-0.25, -0.2) is 0 Å². The zero-order valence-corrected chi connectivity index (χ0v) is 16.4. The first-order valence-electron chi connectivity index (χ1n) is 8.11. The van der Waals surface area contributed by atoms with Gasteiger partial charge < -0.3 is 19.5 Å². The van der Waals surface area contributed by atoms with Crippen molar-refractivity contribution in [2.24, 2.45) is 0 Å². The maximum atomic E-state index is 12.2. The Morgan fingerprint density at radius 3 is 2.15 bits per heavy atom. The first kappa shape index (κ1) is 20.4. The van der Waals surface area contributed by atoms with Crippen LogP contribution in [0.15, 0.2) is 24.3 Å². The van der Waals surface area contributed by atoms with Crippen LogP contribution in [0.3, 0.4) is 0 Å². The summed E-state index contributed by atoms with van der Waals surface area (Å²) in [5.41, 5.74) is 0.831. The number of ketones is 1. The number of hydrogen-bond donors (Lipinski definition) is 1. The molecule has 0 spiro atoms. The smallest absolute Gasteiger partial charge is 0.325 e. The standard InChI is InChI=1S/C19H21NO6S/c1-11-5-16(12(2)27-11)17(21)10-26-18(22)9-20-19(23)13-6-14(24-3)8-15(7-13)25-4/h5-8H,9-10H2,1-4H3,(H,20,23). The number of ether oxygens (including phenoxy) is 3. The Morgan fingerprint density at radius 1 is 1.00 bits per heavy atom. The summed E-state index contributed by atoms with van der Waals surface area (Å²) < 4.78 is 15.2. The van der Waals surface area contributed by atoms with E-state index in [0.717, 1.165) is 9.75 Å². The molecule has 0 aliphatic rings. The topological polar surface area (TPSA) is 90.9 Å². The fourth-order valence-electron chi connectivity index (χ4n) is 2.38. The van der Waals surface area contributed by atoms with E-state index in [0.29, 0.717) is 17.1 Å². The summed E-state index contributed by atoms with van der Waals surface area (Å²) in [7, 11) is 2.95. The van der Waals surface area contributed by atoms with Crippen LogP contribution in [0.1, 0.15) is 30.5 Å². The van der Waals surface area contributed by atoms with Gasteiger partial charge in [0, 0.05) is 26.9 Å². The van der Waals surface area contributed by atoms with Crippen LogP contribution in [-0.4, -0.2) is 45.0 Å². The number of carbonyl (C=O) groups is 3. The minimum absolute atomic E-state index is 0.269. The van der Waals surface area contributed by atoms with Crippen molar-refractivity contribution in [2.45, 2.75) is 13.8 Å². The third-order valence-corrected chi connectivity index (χ3v) is 4.68. The van der Waals surface area contributed by atoms with E-state index in [1.54, 1.807) is 12.1 Å².